The van der Waals surface area contributed by atoms with Crippen LogP contribution in [0, 0.1) is 11.3 Å². The summed E-state index contributed by atoms with van der Waals surface area (Å²) in [6.45, 7) is 2.06. The lowest BCUT2D eigenvalue weighted by molar-refractivity contribution is 0.597. The van der Waals surface area contributed by atoms with Gasteiger partial charge in [0.25, 0.3) is 0 Å². The largest absolute Gasteiger partial charge is 0.223 e. The maximum Gasteiger partial charge on any atom is 0.191 e. The first kappa shape index (κ1) is 12.7. The zero-order valence-corrected chi connectivity index (χ0v) is 10.1. The lowest BCUT2D eigenvalue weighted by Crippen LogP contribution is -2.08. The van der Waals surface area contributed by atoms with Gasteiger partial charge in [-0.15, -0.1) is 0 Å². The van der Waals surface area contributed by atoms with Gasteiger partial charge in [-0.25, -0.2) is 8.42 Å². The highest BCUT2D eigenvalue weighted by molar-refractivity contribution is 7.91. The zero-order chi connectivity index (χ0) is 12.0. The average molecular weight is 237 g/mol. The number of hydrogen-bond acceptors (Lipinski definition) is 3. The van der Waals surface area contributed by atoms with Crippen molar-refractivity contribution in [2.45, 2.75) is 31.1 Å². The Bertz CT molecular complexity index is 486. The van der Waals surface area contributed by atoms with Gasteiger partial charge in [0.1, 0.15) is 5.75 Å². The summed E-state index contributed by atoms with van der Waals surface area (Å²) < 4.78 is 23.6. The first-order valence-corrected chi connectivity index (χ1v) is 6.94. The summed E-state index contributed by atoms with van der Waals surface area (Å²) >= 11 is 0. The molecule has 0 radical (unpaired) electrons. The van der Waals surface area contributed by atoms with Crippen molar-refractivity contribution >= 4 is 9.84 Å². The third-order valence-electron chi connectivity index (χ3n) is 2.36. The van der Waals surface area contributed by atoms with Crippen molar-refractivity contribution in [2.24, 2.45) is 0 Å². The Labute approximate surface area is 96.6 Å². The highest BCUT2D eigenvalue weighted by Crippen LogP contribution is 2.18. The molecular weight excluding hydrogens is 222 g/mol. The Morgan fingerprint density at radius 2 is 2.00 bits per heavy atom. The summed E-state index contributed by atoms with van der Waals surface area (Å²) in [5.74, 6) is -0.448. The summed E-state index contributed by atoms with van der Waals surface area (Å²) in [6.07, 6.45) is 2.73. The van der Waals surface area contributed by atoms with Crippen LogP contribution in [-0.2, 0) is 16.3 Å². The molecule has 0 aliphatic heterocycles. The van der Waals surface area contributed by atoms with E-state index >= 15 is 0 Å². The van der Waals surface area contributed by atoms with Gasteiger partial charge in [-0.2, -0.15) is 5.26 Å². The van der Waals surface area contributed by atoms with Gasteiger partial charge >= 0.3 is 0 Å². The van der Waals surface area contributed by atoms with Crippen molar-refractivity contribution in [3.05, 3.63) is 29.8 Å². The molecule has 0 saturated carbocycles. The minimum Gasteiger partial charge on any atom is -0.223 e. The fraction of sp³-hybridized carbons (Fsp3) is 0.417. The van der Waals surface area contributed by atoms with Crippen LogP contribution in [0.1, 0.15) is 25.3 Å². The van der Waals surface area contributed by atoms with E-state index in [-0.39, 0.29) is 0 Å². The smallest absolute Gasteiger partial charge is 0.191 e. The molecule has 0 aliphatic carbocycles. The van der Waals surface area contributed by atoms with E-state index < -0.39 is 15.6 Å². The Hall–Kier alpha value is -1.34. The molecule has 1 aromatic rings. The van der Waals surface area contributed by atoms with E-state index in [1.165, 1.54) is 0 Å². The first-order chi connectivity index (χ1) is 7.61. The topological polar surface area (TPSA) is 57.9 Å². The van der Waals surface area contributed by atoms with E-state index in [1.807, 2.05) is 12.1 Å². The van der Waals surface area contributed by atoms with Gasteiger partial charge in [-0.05, 0) is 24.5 Å². The summed E-state index contributed by atoms with van der Waals surface area (Å²) in [5.41, 5.74) is 0.819. The predicted octanol–water partition coefficient (Wildman–Crippen LogP) is 2.33. The van der Waals surface area contributed by atoms with Gasteiger partial charge in [0, 0.05) is 0 Å². The molecule has 0 aromatic heterocycles. The van der Waals surface area contributed by atoms with Crippen molar-refractivity contribution in [2.75, 3.05) is 5.75 Å². The second kappa shape index (κ2) is 5.66. The van der Waals surface area contributed by atoms with Crippen LogP contribution in [0.5, 0.6) is 0 Å². The standard InChI is InChI=1S/C12H15NO2S/c1-2-3-6-11-7-4-5-8-12(11)16(14,15)10-9-13/h4-5,7-8H,2-3,6,10H2,1H3. The lowest BCUT2D eigenvalue weighted by atomic mass is 10.1. The quantitative estimate of drug-likeness (QED) is 0.789. The number of nitriles is 1. The van der Waals surface area contributed by atoms with E-state index in [9.17, 15) is 8.42 Å². The monoisotopic (exact) mass is 237 g/mol. The molecule has 0 atom stereocenters. The molecule has 1 aromatic carbocycles. The average Bonchev–Trinajstić information content (AvgIpc) is 2.26. The van der Waals surface area contributed by atoms with Crippen LogP contribution in [0.3, 0.4) is 0 Å². The molecule has 0 spiro atoms. The van der Waals surface area contributed by atoms with E-state index in [2.05, 4.69) is 6.92 Å². The second-order valence-electron chi connectivity index (χ2n) is 3.63. The summed E-state index contributed by atoms with van der Waals surface area (Å²) in [6, 6.07) is 8.63. The number of benzene rings is 1. The SMILES string of the molecule is CCCCc1ccccc1S(=O)(=O)CC#N. The number of hydrogen-bond donors (Lipinski definition) is 0. The number of unbranched alkanes of at least 4 members (excludes halogenated alkanes) is 1. The number of aryl methyl sites for hydroxylation is 1. The van der Waals surface area contributed by atoms with Gasteiger partial charge in [0.05, 0.1) is 11.0 Å². The molecule has 0 saturated heterocycles. The van der Waals surface area contributed by atoms with Crippen molar-refractivity contribution < 1.29 is 8.42 Å². The molecule has 16 heavy (non-hydrogen) atoms. The third-order valence-corrected chi connectivity index (χ3v) is 3.94. The molecule has 0 N–H and O–H groups in total. The molecule has 0 fully saturated rings. The van der Waals surface area contributed by atoms with E-state index in [4.69, 9.17) is 5.26 Å². The van der Waals surface area contributed by atoms with Crippen LogP contribution >= 0.6 is 0 Å². The lowest BCUT2D eigenvalue weighted by Gasteiger charge is -2.07. The highest BCUT2D eigenvalue weighted by Gasteiger charge is 2.17. The van der Waals surface area contributed by atoms with Gasteiger partial charge < -0.3 is 0 Å². The summed E-state index contributed by atoms with van der Waals surface area (Å²) in [5, 5.41) is 8.50. The van der Waals surface area contributed by atoms with Crippen LogP contribution in [0.4, 0.5) is 0 Å². The Kier molecular flexibility index (Phi) is 4.51. The number of nitrogens with zero attached hydrogens (tertiary/aromatic N) is 1. The van der Waals surface area contributed by atoms with E-state index in [1.54, 1.807) is 18.2 Å². The molecule has 4 heteroatoms. The van der Waals surface area contributed by atoms with Crippen LogP contribution < -0.4 is 0 Å². The van der Waals surface area contributed by atoms with E-state index in [0.29, 0.717) is 4.90 Å². The van der Waals surface area contributed by atoms with Crippen molar-refractivity contribution in [1.29, 1.82) is 5.26 Å². The molecule has 0 unspecified atom stereocenters. The number of sulfone groups is 1. The van der Waals surface area contributed by atoms with Crippen LogP contribution in [0.25, 0.3) is 0 Å². The van der Waals surface area contributed by atoms with Crippen LogP contribution in [0.15, 0.2) is 29.2 Å². The van der Waals surface area contributed by atoms with Crippen LogP contribution in [-0.4, -0.2) is 14.2 Å². The maximum atomic E-state index is 11.8. The van der Waals surface area contributed by atoms with Crippen molar-refractivity contribution in [3.63, 3.8) is 0 Å². The fourth-order valence-corrected chi connectivity index (χ4v) is 2.72. The van der Waals surface area contributed by atoms with Crippen molar-refractivity contribution in [1.82, 2.24) is 0 Å². The highest BCUT2D eigenvalue weighted by atomic mass is 32.2. The minimum absolute atomic E-state index is 0.310. The second-order valence-corrected chi connectivity index (χ2v) is 5.59. The minimum atomic E-state index is -3.43. The Morgan fingerprint density at radius 1 is 1.31 bits per heavy atom. The molecule has 1 rings (SSSR count). The molecule has 0 aliphatic rings. The fourth-order valence-electron chi connectivity index (χ4n) is 1.54. The Balaban J connectivity index is 3.09. The Morgan fingerprint density at radius 3 is 2.62 bits per heavy atom. The van der Waals surface area contributed by atoms with Gasteiger partial charge in [-0.1, -0.05) is 31.5 Å². The van der Waals surface area contributed by atoms with Crippen LogP contribution in [0.2, 0.25) is 0 Å². The maximum absolute atomic E-state index is 11.8. The van der Waals surface area contributed by atoms with Gasteiger partial charge in [0.2, 0.25) is 0 Å². The summed E-state index contributed by atoms with van der Waals surface area (Å²) in [4.78, 5) is 0.310. The molecule has 3 nitrogen and oxygen atoms in total. The predicted molar refractivity (Wildman–Crippen MR) is 62.7 cm³/mol. The molecular formula is C12H15NO2S. The van der Waals surface area contributed by atoms with Gasteiger partial charge in [-0.3, -0.25) is 0 Å². The number of rotatable bonds is 5. The first-order valence-electron chi connectivity index (χ1n) is 5.29. The molecule has 0 bridgehead atoms. The zero-order valence-electron chi connectivity index (χ0n) is 9.31. The van der Waals surface area contributed by atoms with E-state index in [0.717, 1.165) is 24.8 Å². The normalized spacial score (nSPS) is 11.0. The summed E-state index contributed by atoms with van der Waals surface area (Å²) in [7, 11) is -3.43. The third kappa shape index (κ3) is 3.07. The molecule has 0 heterocycles. The molecule has 0 amide bonds. The van der Waals surface area contributed by atoms with Gasteiger partial charge in [0.15, 0.2) is 9.84 Å². The van der Waals surface area contributed by atoms with Crippen molar-refractivity contribution in [3.8, 4) is 6.07 Å². The molecule has 86 valence electrons.